The van der Waals surface area contributed by atoms with Gasteiger partial charge in [-0.1, -0.05) is 0 Å². The van der Waals surface area contributed by atoms with Crippen molar-refractivity contribution in [3.63, 3.8) is 0 Å². The van der Waals surface area contributed by atoms with E-state index in [9.17, 15) is 19.3 Å². The molecule has 8 nitrogen and oxygen atoms in total. The van der Waals surface area contributed by atoms with Crippen molar-refractivity contribution >= 4 is 11.7 Å². The van der Waals surface area contributed by atoms with E-state index in [1.165, 1.54) is 25.6 Å². The van der Waals surface area contributed by atoms with Crippen molar-refractivity contribution in [1.29, 1.82) is 0 Å². The third-order valence-corrected chi connectivity index (χ3v) is 2.35. The third-order valence-electron chi connectivity index (χ3n) is 2.35. The Hall–Kier alpha value is -3.10. The van der Waals surface area contributed by atoms with Gasteiger partial charge in [0.15, 0.2) is 5.69 Å². The minimum atomic E-state index is -1.05. The van der Waals surface area contributed by atoms with Crippen LogP contribution < -0.4 is 4.74 Å². The van der Waals surface area contributed by atoms with E-state index in [0.717, 1.165) is 12.1 Å². The van der Waals surface area contributed by atoms with E-state index in [4.69, 9.17) is 4.74 Å². The highest BCUT2D eigenvalue weighted by Gasteiger charge is 2.15. The smallest absolute Gasteiger partial charge is 0.358 e. The van der Waals surface area contributed by atoms with E-state index in [0.29, 0.717) is 0 Å². The minimum Gasteiger partial charge on any atom is -0.464 e. The fourth-order valence-electron chi connectivity index (χ4n) is 1.42. The fourth-order valence-corrected chi connectivity index (χ4v) is 1.42. The first-order valence-corrected chi connectivity index (χ1v) is 5.53. The summed E-state index contributed by atoms with van der Waals surface area (Å²) in [6.07, 6.45) is 2.38. The maximum atomic E-state index is 13.4. The summed E-state index contributed by atoms with van der Waals surface area (Å²) in [4.78, 5) is 28.5. The number of rotatable bonds is 4. The molecule has 0 radical (unpaired) electrons. The Kier molecular flexibility index (Phi) is 4.02. The summed E-state index contributed by atoms with van der Waals surface area (Å²) in [5.41, 5.74) is -0.755. The first-order valence-electron chi connectivity index (χ1n) is 5.53. The van der Waals surface area contributed by atoms with Gasteiger partial charge in [-0.25, -0.2) is 9.78 Å². The van der Waals surface area contributed by atoms with Gasteiger partial charge in [0.2, 0.25) is 11.7 Å². The average molecular weight is 293 g/mol. The predicted molar refractivity (Wildman–Crippen MR) is 66.5 cm³/mol. The highest BCUT2D eigenvalue weighted by atomic mass is 19.1. The highest BCUT2D eigenvalue weighted by molar-refractivity contribution is 5.86. The molecule has 21 heavy (non-hydrogen) atoms. The summed E-state index contributed by atoms with van der Waals surface area (Å²) in [5.74, 6) is -1.85. The lowest BCUT2D eigenvalue weighted by atomic mass is 10.3. The SMILES string of the molecule is COC(=O)c1cncc(Oc2ccc([N+](=O)[O-])c(F)c2)n1. The number of carbonyl (C=O) groups is 1. The van der Waals surface area contributed by atoms with Gasteiger partial charge in [-0.3, -0.25) is 15.1 Å². The van der Waals surface area contributed by atoms with Crippen LogP contribution in [-0.4, -0.2) is 28.0 Å². The molecule has 0 unspecified atom stereocenters. The molecule has 0 atom stereocenters. The number of ether oxygens (including phenoxy) is 2. The van der Waals surface area contributed by atoms with E-state index >= 15 is 0 Å². The lowest BCUT2D eigenvalue weighted by Gasteiger charge is -2.05. The molecule has 2 rings (SSSR count). The van der Waals surface area contributed by atoms with Crippen LogP contribution in [0.1, 0.15) is 10.5 Å². The summed E-state index contributed by atoms with van der Waals surface area (Å²) >= 11 is 0. The number of aromatic nitrogens is 2. The van der Waals surface area contributed by atoms with E-state index in [1.807, 2.05) is 0 Å². The van der Waals surface area contributed by atoms with Crippen molar-refractivity contribution in [2.75, 3.05) is 7.11 Å². The molecule has 0 saturated carbocycles. The Bertz CT molecular complexity index is 707. The topological polar surface area (TPSA) is 104 Å². The van der Waals surface area contributed by atoms with Gasteiger partial charge in [-0.2, -0.15) is 4.39 Å². The van der Waals surface area contributed by atoms with Crippen molar-refractivity contribution in [1.82, 2.24) is 9.97 Å². The van der Waals surface area contributed by atoms with Gasteiger partial charge in [0.25, 0.3) is 0 Å². The second-order valence-corrected chi connectivity index (χ2v) is 3.71. The highest BCUT2D eigenvalue weighted by Crippen LogP contribution is 2.25. The van der Waals surface area contributed by atoms with Crippen LogP contribution in [0.25, 0.3) is 0 Å². The van der Waals surface area contributed by atoms with Gasteiger partial charge in [-0.05, 0) is 6.07 Å². The second-order valence-electron chi connectivity index (χ2n) is 3.71. The van der Waals surface area contributed by atoms with Gasteiger partial charge >= 0.3 is 11.7 Å². The molecule has 2 aromatic rings. The standard InChI is InChI=1S/C12H8FN3O5/c1-20-12(17)9-5-14-6-11(15-9)21-7-2-3-10(16(18)19)8(13)4-7/h2-6H,1H3. The van der Waals surface area contributed by atoms with E-state index in [-0.39, 0.29) is 17.3 Å². The Morgan fingerprint density at radius 2 is 2.14 bits per heavy atom. The molecule has 0 aliphatic rings. The first kappa shape index (κ1) is 14.3. The van der Waals surface area contributed by atoms with Crippen LogP contribution in [0.4, 0.5) is 10.1 Å². The molecule has 1 aromatic heterocycles. The molecular weight excluding hydrogens is 285 g/mol. The molecule has 0 fully saturated rings. The van der Waals surface area contributed by atoms with Gasteiger partial charge in [-0.15, -0.1) is 0 Å². The van der Waals surface area contributed by atoms with Crippen molar-refractivity contribution < 1.29 is 23.6 Å². The number of nitrogens with zero attached hydrogens (tertiary/aromatic N) is 3. The predicted octanol–water partition coefficient (Wildman–Crippen LogP) is 2.10. The van der Waals surface area contributed by atoms with Crippen LogP contribution in [0.2, 0.25) is 0 Å². The normalized spacial score (nSPS) is 10.0. The van der Waals surface area contributed by atoms with E-state index in [2.05, 4.69) is 14.7 Å². The zero-order chi connectivity index (χ0) is 15.4. The Morgan fingerprint density at radius 3 is 2.76 bits per heavy atom. The molecule has 0 aliphatic heterocycles. The molecule has 0 amide bonds. The largest absolute Gasteiger partial charge is 0.464 e. The summed E-state index contributed by atoms with van der Waals surface area (Å²) in [7, 11) is 1.18. The summed E-state index contributed by atoms with van der Waals surface area (Å²) in [5, 5.41) is 10.5. The van der Waals surface area contributed by atoms with Gasteiger partial charge in [0.05, 0.1) is 24.4 Å². The van der Waals surface area contributed by atoms with Crippen molar-refractivity contribution in [2.24, 2.45) is 0 Å². The van der Waals surface area contributed by atoms with E-state index < -0.39 is 22.4 Å². The monoisotopic (exact) mass is 293 g/mol. The van der Waals surface area contributed by atoms with Gasteiger partial charge in [0.1, 0.15) is 5.75 Å². The van der Waals surface area contributed by atoms with Crippen molar-refractivity contribution in [3.8, 4) is 11.6 Å². The number of esters is 1. The lowest BCUT2D eigenvalue weighted by Crippen LogP contribution is -2.05. The summed E-state index contributed by atoms with van der Waals surface area (Å²) < 4.78 is 23.1. The van der Waals surface area contributed by atoms with E-state index in [1.54, 1.807) is 0 Å². The Labute approximate surface area is 117 Å². The Balaban J connectivity index is 2.24. The number of nitro benzene ring substituents is 1. The Morgan fingerprint density at radius 1 is 1.38 bits per heavy atom. The van der Waals surface area contributed by atoms with Crippen molar-refractivity contribution in [2.45, 2.75) is 0 Å². The lowest BCUT2D eigenvalue weighted by molar-refractivity contribution is -0.387. The number of halogens is 1. The van der Waals surface area contributed by atoms with Crippen molar-refractivity contribution in [3.05, 3.63) is 52.2 Å². The summed E-state index contributed by atoms with van der Waals surface area (Å²) in [6, 6.07) is 3.00. The zero-order valence-corrected chi connectivity index (χ0v) is 10.6. The molecule has 1 heterocycles. The molecule has 108 valence electrons. The van der Waals surface area contributed by atoms with Crippen LogP contribution >= 0.6 is 0 Å². The number of hydrogen-bond donors (Lipinski definition) is 0. The molecule has 1 aromatic carbocycles. The van der Waals surface area contributed by atoms with Crippen LogP contribution in [0.15, 0.2) is 30.6 Å². The maximum Gasteiger partial charge on any atom is 0.358 e. The number of nitro groups is 1. The van der Waals surface area contributed by atoms with Crippen LogP contribution in [0.3, 0.4) is 0 Å². The second kappa shape index (κ2) is 5.90. The fraction of sp³-hybridized carbons (Fsp3) is 0.0833. The number of methoxy groups -OCH3 is 1. The molecule has 0 spiro atoms. The van der Waals surface area contributed by atoms with Gasteiger partial charge < -0.3 is 9.47 Å². The minimum absolute atomic E-state index is 0.0191. The molecular formula is C12H8FN3O5. The summed E-state index contributed by atoms with van der Waals surface area (Å²) in [6.45, 7) is 0. The van der Waals surface area contributed by atoms with Gasteiger partial charge in [0, 0.05) is 12.1 Å². The van der Waals surface area contributed by atoms with Crippen LogP contribution in [0, 0.1) is 15.9 Å². The molecule has 9 heteroatoms. The molecule has 0 N–H and O–H groups in total. The molecule has 0 aliphatic carbocycles. The number of carbonyl (C=O) groups excluding carboxylic acids is 1. The quantitative estimate of drug-likeness (QED) is 0.483. The average Bonchev–Trinajstić information content (AvgIpc) is 2.46. The zero-order valence-electron chi connectivity index (χ0n) is 10.6. The number of benzene rings is 1. The molecule has 0 saturated heterocycles. The third kappa shape index (κ3) is 3.26. The van der Waals surface area contributed by atoms with Crippen LogP contribution in [-0.2, 0) is 4.74 Å². The number of hydrogen-bond acceptors (Lipinski definition) is 7. The van der Waals surface area contributed by atoms with Crippen LogP contribution in [0.5, 0.6) is 11.6 Å². The molecule has 0 bridgehead atoms. The maximum absolute atomic E-state index is 13.4. The first-order chi connectivity index (χ1) is 10.0.